The third kappa shape index (κ3) is 3.09. The van der Waals surface area contributed by atoms with Crippen LogP contribution in [0.2, 0.25) is 0 Å². The first-order chi connectivity index (χ1) is 13.5. The zero-order valence-corrected chi connectivity index (χ0v) is 15.3. The van der Waals surface area contributed by atoms with Gasteiger partial charge in [-0.3, -0.25) is 14.5 Å². The lowest BCUT2D eigenvalue weighted by Gasteiger charge is -2.22. The number of imide groups is 1. The van der Waals surface area contributed by atoms with Crippen LogP contribution in [-0.2, 0) is 15.1 Å². The molecule has 3 aromatic carbocycles. The van der Waals surface area contributed by atoms with Gasteiger partial charge in [-0.1, -0.05) is 60.7 Å². The van der Waals surface area contributed by atoms with Crippen molar-refractivity contribution in [1.82, 2.24) is 10.2 Å². The SMILES string of the molecule is C[C@@]1(c2ccccc2)NC(=O)N(CC(=O)Nc2ccc3ccccc3c2)C1=O. The van der Waals surface area contributed by atoms with Crippen LogP contribution >= 0.6 is 0 Å². The minimum atomic E-state index is -1.18. The lowest BCUT2D eigenvalue weighted by atomic mass is 9.92. The number of hydrogen-bond acceptors (Lipinski definition) is 3. The molecule has 1 saturated heterocycles. The van der Waals surface area contributed by atoms with Gasteiger partial charge in [0.15, 0.2) is 0 Å². The maximum absolute atomic E-state index is 12.9. The van der Waals surface area contributed by atoms with Gasteiger partial charge in [0.1, 0.15) is 12.1 Å². The summed E-state index contributed by atoms with van der Waals surface area (Å²) in [4.78, 5) is 38.6. The Morgan fingerprint density at radius 2 is 1.64 bits per heavy atom. The quantitative estimate of drug-likeness (QED) is 0.689. The van der Waals surface area contributed by atoms with Crippen molar-refractivity contribution in [3.05, 3.63) is 78.4 Å². The first kappa shape index (κ1) is 17.7. The van der Waals surface area contributed by atoms with Crippen LogP contribution < -0.4 is 10.6 Å². The molecule has 0 spiro atoms. The molecule has 6 nitrogen and oxygen atoms in total. The fraction of sp³-hybridized carbons (Fsp3) is 0.136. The molecule has 0 radical (unpaired) electrons. The zero-order chi connectivity index (χ0) is 19.7. The highest BCUT2D eigenvalue weighted by atomic mass is 16.2. The molecular weight excluding hydrogens is 354 g/mol. The largest absolute Gasteiger partial charge is 0.325 e. The molecule has 0 unspecified atom stereocenters. The van der Waals surface area contributed by atoms with Gasteiger partial charge in [0, 0.05) is 5.69 Å². The van der Waals surface area contributed by atoms with Crippen molar-refractivity contribution in [1.29, 1.82) is 0 Å². The van der Waals surface area contributed by atoms with Crippen molar-refractivity contribution in [2.45, 2.75) is 12.5 Å². The number of hydrogen-bond donors (Lipinski definition) is 2. The molecule has 2 N–H and O–H groups in total. The standard InChI is InChI=1S/C22H19N3O3/c1-22(17-9-3-2-4-10-17)20(27)25(21(28)24-22)14-19(26)23-18-12-11-15-7-5-6-8-16(15)13-18/h2-13H,14H2,1H3,(H,23,26)(H,24,28)/t22-/m0/s1. The predicted molar refractivity (Wildman–Crippen MR) is 107 cm³/mol. The van der Waals surface area contributed by atoms with E-state index < -0.39 is 23.4 Å². The molecule has 4 amide bonds. The summed E-state index contributed by atoms with van der Waals surface area (Å²) in [6, 6.07) is 21.8. The van der Waals surface area contributed by atoms with E-state index in [0.717, 1.165) is 15.7 Å². The van der Waals surface area contributed by atoms with E-state index in [9.17, 15) is 14.4 Å². The van der Waals surface area contributed by atoms with Crippen LogP contribution in [0.5, 0.6) is 0 Å². The molecule has 4 rings (SSSR count). The molecule has 28 heavy (non-hydrogen) atoms. The van der Waals surface area contributed by atoms with E-state index >= 15 is 0 Å². The number of benzene rings is 3. The normalized spacial score (nSPS) is 19.0. The van der Waals surface area contributed by atoms with E-state index in [1.165, 1.54) is 0 Å². The van der Waals surface area contributed by atoms with Gasteiger partial charge in [-0.25, -0.2) is 4.79 Å². The van der Waals surface area contributed by atoms with Crippen LogP contribution in [0, 0.1) is 0 Å². The number of nitrogens with one attached hydrogen (secondary N) is 2. The molecule has 1 fully saturated rings. The second-order valence-electron chi connectivity index (χ2n) is 6.92. The fourth-order valence-electron chi connectivity index (χ4n) is 3.42. The Morgan fingerprint density at radius 1 is 0.964 bits per heavy atom. The summed E-state index contributed by atoms with van der Waals surface area (Å²) in [7, 11) is 0. The monoisotopic (exact) mass is 373 g/mol. The first-order valence-electron chi connectivity index (χ1n) is 8.96. The number of anilines is 1. The van der Waals surface area contributed by atoms with E-state index in [-0.39, 0.29) is 6.54 Å². The molecule has 3 aromatic rings. The molecule has 140 valence electrons. The van der Waals surface area contributed by atoms with Crippen LogP contribution in [0.15, 0.2) is 72.8 Å². The number of urea groups is 1. The number of nitrogens with zero attached hydrogens (tertiary/aromatic N) is 1. The van der Waals surface area contributed by atoms with E-state index in [1.54, 1.807) is 37.3 Å². The third-order valence-corrected chi connectivity index (χ3v) is 4.96. The average molecular weight is 373 g/mol. The summed E-state index contributed by atoms with van der Waals surface area (Å²) in [5.74, 6) is -0.881. The maximum atomic E-state index is 12.9. The molecule has 1 aliphatic rings. The molecule has 1 heterocycles. The number of fused-ring (bicyclic) bond motifs is 1. The van der Waals surface area contributed by atoms with Gasteiger partial charge in [-0.05, 0) is 35.4 Å². The fourth-order valence-corrected chi connectivity index (χ4v) is 3.42. The number of carbonyl (C=O) groups excluding carboxylic acids is 3. The Kier molecular flexibility index (Phi) is 4.31. The minimum Gasteiger partial charge on any atom is -0.325 e. The summed E-state index contributed by atoms with van der Waals surface area (Å²) in [6.07, 6.45) is 0. The predicted octanol–water partition coefficient (Wildman–Crippen LogP) is 3.25. The summed E-state index contributed by atoms with van der Waals surface area (Å²) >= 11 is 0. The summed E-state index contributed by atoms with van der Waals surface area (Å²) in [5, 5.41) is 7.51. The van der Waals surface area contributed by atoms with E-state index in [4.69, 9.17) is 0 Å². The molecule has 6 heteroatoms. The van der Waals surface area contributed by atoms with E-state index in [2.05, 4.69) is 10.6 Å². The van der Waals surface area contributed by atoms with Gasteiger partial charge in [-0.15, -0.1) is 0 Å². The van der Waals surface area contributed by atoms with Gasteiger partial charge in [0.25, 0.3) is 5.91 Å². The topological polar surface area (TPSA) is 78.5 Å². The second-order valence-corrected chi connectivity index (χ2v) is 6.92. The third-order valence-electron chi connectivity index (χ3n) is 4.96. The Bertz CT molecular complexity index is 1080. The Morgan fingerprint density at radius 3 is 2.39 bits per heavy atom. The number of amides is 4. The van der Waals surface area contributed by atoms with Gasteiger partial charge >= 0.3 is 6.03 Å². The second kappa shape index (κ2) is 6.81. The Hall–Kier alpha value is -3.67. The maximum Gasteiger partial charge on any atom is 0.325 e. The highest BCUT2D eigenvalue weighted by Crippen LogP contribution is 2.28. The average Bonchev–Trinajstić information content (AvgIpc) is 2.92. The highest BCUT2D eigenvalue weighted by Gasteiger charge is 2.49. The molecule has 1 atom stereocenters. The summed E-state index contributed by atoms with van der Waals surface area (Å²) < 4.78 is 0. The van der Waals surface area contributed by atoms with Crippen LogP contribution in [0.25, 0.3) is 10.8 Å². The van der Waals surface area contributed by atoms with Crippen LogP contribution in [-0.4, -0.2) is 29.3 Å². The van der Waals surface area contributed by atoms with Gasteiger partial charge in [0.05, 0.1) is 0 Å². The van der Waals surface area contributed by atoms with E-state index in [0.29, 0.717) is 11.3 Å². The molecule has 0 aliphatic carbocycles. The zero-order valence-electron chi connectivity index (χ0n) is 15.3. The van der Waals surface area contributed by atoms with E-state index in [1.807, 2.05) is 42.5 Å². The molecule has 0 bridgehead atoms. The van der Waals surface area contributed by atoms with Crippen LogP contribution in [0.3, 0.4) is 0 Å². The van der Waals surface area contributed by atoms with Gasteiger partial charge < -0.3 is 10.6 Å². The Balaban J connectivity index is 1.49. The molecule has 0 saturated carbocycles. The van der Waals surface area contributed by atoms with Crippen molar-refractivity contribution < 1.29 is 14.4 Å². The first-order valence-corrected chi connectivity index (χ1v) is 8.96. The van der Waals surface area contributed by atoms with Crippen molar-refractivity contribution in [2.75, 3.05) is 11.9 Å². The minimum absolute atomic E-state index is 0.347. The van der Waals surface area contributed by atoms with Gasteiger partial charge in [-0.2, -0.15) is 0 Å². The van der Waals surface area contributed by atoms with Crippen molar-refractivity contribution in [2.24, 2.45) is 0 Å². The summed E-state index contributed by atoms with van der Waals surface area (Å²) in [6.45, 7) is 1.30. The van der Waals surface area contributed by atoms with Crippen LogP contribution in [0.1, 0.15) is 12.5 Å². The van der Waals surface area contributed by atoms with Crippen LogP contribution in [0.4, 0.5) is 10.5 Å². The highest BCUT2D eigenvalue weighted by molar-refractivity contribution is 6.10. The molecular formula is C22H19N3O3. The smallest absolute Gasteiger partial charge is 0.325 e. The lowest BCUT2D eigenvalue weighted by Crippen LogP contribution is -2.42. The lowest BCUT2D eigenvalue weighted by molar-refractivity contribution is -0.133. The van der Waals surface area contributed by atoms with Crippen molar-refractivity contribution in [3.8, 4) is 0 Å². The number of carbonyl (C=O) groups is 3. The molecule has 1 aliphatic heterocycles. The Labute approximate surface area is 162 Å². The number of rotatable bonds is 4. The molecule has 0 aromatic heterocycles. The van der Waals surface area contributed by atoms with Crippen molar-refractivity contribution in [3.63, 3.8) is 0 Å². The van der Waals surface area contributed by atoms with Crippen molar-refractivity contribution >= 4 is 34.3 Å². The summed E-state index contributed by atoms with van der Waals surface area (Å²) in [5.41, 5.74) is 0.106. The van der Waals surface area contributed by atoms with Gasteiger partial charge in [0.2, 0.25) is 5.91 Å².